The first-order chi connectivity index (χ1) is 17.6. The number of halogens is 5. The van der Waals surface area contributed by atoms with Gasteiger partial charge in [0, 0.05) is 29.7 Å². The van der Waals surface area contributed by atoms with E-state index in [0.29, 0.717) is 10.7 Å². The van der Waals surface area contributed by atoms with Crippen molar-refractivity contribution < 1.29 is 23.9 Å². The number of esters is 1. The molecule has 2 aliphatic heterocycles. The summed E-state index contributed by atoms with van der Waals surface area (Å²) in [6, 6.07) is 12.6. The molecule has 0 aromatic heterocycles. The van der Waals surface area contributed by atoms with Crippen LogP contribution in [-0.2, 0) is 9.59 Å². The molecule has 0 N–H and O–H groups in total. The SMILES string of the molecule is O=C(Oc1cccc(N2C(=O)c3c(Cl)c(Cl)c(Cl)c(Cl)c3C2=O)c1)[C@@H]1CC(=O)N(c2cccc(Cl)c2)C1. The van der Waals surface area contributed by atoms with Crippen molar-refractivity contribution in [2.24, 2.45) is 5.92 Å². The van der Waals surface area contributed by atoms with E-state index in [1.54, 1.807) is 24.3 Å². The van der Waals surface area contributed by atoms with Crippen LogP contribution in [0.2, 0.25) is 25.1 Å². The molecule has 188 valence electrons. The largest absolute Gasteiger partial charge is 0.426 e. The van der Waals surface area contributed by atoms with Gasteiger partial charge in [-0.1, -0.05) is 70.1 Å². The van der Waals surface area contributed by atoms with Crippen LogP contribution < -0.4 is 14.5 Å². The molecular formula is C25H13Cl5N2O5. The van der Waals surface area contributed by atoms with Crippen molar-refractivity contribution in [3.8, 4) is 5.75 Å². The number of benzene rings is 3. The van der Waals surface area contributed by atoms with Gasteiger partial charge in [0.15, 0.2) is 0 Å². The van der Waals surface area contributed by atoms with E-state index in [2.05, 4.69) is 0 Å². The Morgan fingerprint density at radius 3 is 2.00 bits per heavy atom. The van der Waals surface area contributed by atoms with Gasteiger partial charge in [0.05, 0.1) is 42.8 Å². The summed E-state index contributed by atoms with van der Waals surface area (Å²) in [5.74, 6) is -3.05. The van der Waals surface area contributed by atoms with E-state index in [-0.39, 0.29) is 61.5 Å². The first-order valence-electron chi connectivity index (χ1n) is 10.7. The fourth-order valence-electron chi connectivity index (χ4n) is 4.23. The first-order valence-corrected chi connectivity index (χ1v) is 12.6. The summed E-state index contributed by atoms with van der Waals surface area (Å²) >= 11 is 30.5. The summed E-state index contributed by atoms with van der Waals surface area (Å²) in [6.45, 7) is 0.120. The monoisotopic (exact) mass is 596 g/mol. The number of rotatable bonds is 4. The van der Waals surface area contributed by atoms with Gasteiger partial charge in [0.2, 0.25) is 5.91 Å². The van der Waals surface area contributed by atoms with E-state index >= 15 is 0 Å². The number of nitrogens with zero attached hydrogens (tertiary/aromatic N) is 2. The van der Waals surface area contributed by atoms with Gasteiger partial charge in [0.25, 0.3) is 11.8 Å². The molecule has 3 amide bonds. The second-order valence-electron chi connectivity index (χ2n) is 8.26. The highest BCUT2D eigenvalue weighted by atomic mass is 35.5. The Balaban J connectivity index is 1.37. The molecule has 0 aliphatic carbocycles. The molecule has 0 unspecified atom stereocenters. The number of amides is 3. The number of hydrogen-bond donors (Lipinski definition) is 0. The molecule has 1 atom stereocenters. The maximum absolute atomic E-state index is 13.1. The molecule has 3 aromatic rings. The lowest BCUT2D eigenvalue weighted by Gasteiger charge is -2.17. The van der Waals surface area contributed by atoms with E-state index < -0.39 is 23.7 Å². The Labute approximate surface area is 235 Å². The van der Waals surface area contributed by atoms with Gasteiger partial charge in [-0.25, -0.2) is 4.90 Å². The molecule has 0 spiro atoms. The predicted octanol–water partition coefficient (Wildman–Crippen LogP) is 6.71. The molecule has 37 heavy (non-hydrogen) atoms. The fraction of sp³-hybridized carbons (Fsp3) is 0.120. The Bertz CT molecular complexity index is 1480. The van der Waals surface area contributed by atoms with Gasteiger partial charge in [0.1, 0.15) is 5.75 Å². The maximum Gasteiger partial charge on any atom is 0.316 e. The highest BCUT2D eigenvalue weighted by Crippen LogP contribution is 2.46. The Morgan fingerprint density at radius 2 is 1.38 bits per heavy atom. The molecule has 0 saturated carbocycles. The molecule has 0 bridgehead atoms. The minimum Gasteiger partial charge on any atom is -0.426 e. The highest BCUT2D eigenvalue weighted by Gasteiger charge is 2.43. The Kier molecular flexibility index (Phi) is 6.85. The topological polar surface area (TPSA) is 84.0 Å². The smallest absolute Gasteiger partial charge is 0.316 e. The average Bonchev–Trinajstić information content (AvgIpc) is 3.38. The van der Waals surface area contributed by atoms with Crippen molar-refractivity contribution in [3.05, 3.63) is 84.8 Å². The quantitative estimate of drug-likeness (QED) is 0.110. The van der Waals surface area contributed by atoms with E-state index in [0.717, 1.165) is 4.90 Å². The molecule has 12 heteroatoms. The van der Waals surface area contributed by atoms with Crippen molar-refractivity contribution in [1.29, 1.82) is 0 Å². The third kappa shape index (κ3) is 4.45. The number of anilines is 2. The minimum absolute atomic E-state index is 0.0397. The highest BCUT2D eigenvalue weighted by molar-refractivity contribution is 6.56. The zero-order chi connectivity index (χ0) is 26.6. The molecule has 2 aliphatic rings. The molecule has 1 fully saturated rings. The van der Waals surface area contributed by atoms with Crippen LogP contribution in [0.25, 0.3) is 0 Å². The lowest BCUT2D eigenvalue weighted by molar-refractivity contribution is -0.139. The summed E-state index contributed by atoms with van der Waals surface area (Å²) in [4.78, 5) is 53.9. The van der Waals surface area contributed by atoms with Crippen LogP contribution in [0, 0.1) is 5.92 Å². The van der Waals surface area contributed by atoms with Crippen LogP contribution in [0.1, 0.15) is 27.1 Å². The maximum atomic E-state index is 13.1. The Morgan fingerprint density at radius 1 is 0.784 bits per heavy atom. The minimum atomic E-state index is -0.757. The van der Waals surface area contributed by atoms with Gasteiger partial charge in [-0.3, -0.25) is 19.2 Å². The second-order valence-corrected chi connectivity index (χ2v) is 10.2. The van der Waals surface area contributed by atoms with Crippen LogP contribution in [0.4, 0.5) is 11.4 Å². The normalized spacial score (nSPS) is 17.0. The average molecular weight is 599 g/mol. The fourth-order valence-corrected chi connectivity index (χ4v) is 5.43. The molecule has 1 saturated heterocycles. The second kappa shape index (κ2) is 9.82. The van der Waals surface area contributed by atoms with E-state index in [4.69, 9.17) is 62.7 Å². The van der Waals surface area contributed by atoms with Crippen LogP contribution in [0.15, 0.2) is 48.5 Å². The van der Waals surface area contributed by atoms with E-state index in [1.807, 2.05) is 0 Å². The first kappa shape index (κ1) is 25.8. The van der Waals surface area contributed by atoms with Gasteiger partial charge in [-0.05, 0) is 30.3 Å². The van der Waals surface area contributed by atoms with E-state index in [9.17, 15) is 19.2 Å². The summed E-state index contributed by atoms with van der Waals surface area (Å²) in [5, 5.41) is -0.200. The number of hydrogen-bond acceptors (Lipinski definition) is 5. The van der Waals surface area contributed by atoms with Crippen LogP contribution >= 0.6 is 58.0 Å². The van der Waals surface area contributed by atoms with Crippen molar-refractivity contribution in [3.63, 3.8) is 0 Å². The molecular weight excluding hydrogens is 586 g/mol. The third-order valence-electron chi connectivity index (χ3n) is 5.97. The Hall–Kier alpha value is -2.81. The summed E-state index contributed by atoms with van der Waals surface area (Å²) in [7, 11) is 0. The van der Waals surface area contributed by atoms with Crippen molar-refractivity contribution >= 4 is 93.1 Å². The summed E-state index contributed by atoms with van der Waals surface area (Å²) in [6.07, 6.45) is -0.0397. The van der Waals surface area contributed by atoms with Crippen LogP contribution in [-0.4, -0.2) is 30.2 Å². The third-order valence-corrected chi connectivity index (χ3v) is 8.01. The van der Waals surface area contributed by atoms with Gasteiger partial charge in [-0.15, -0.1) is 0 Å². The zero-order valence-electron chi connectivity index (χ0n) is 18.4. The van der Waals surface area contributed by atoms with Crippen molar-refractivity contribution in [2.45, 2.75) is 6.42 Å². The molecule has 5 rings (SSSR count). The number of fused-ring (bicyclic) bond motifs is 1. The standard InChI is InChI=1S/C25H13Cl5N2O5/c26-12-3-1-4-13(8-12)31-10-11(7-16(31)33)25(36)37-15-6-2-5-14(9-15)32-23(34)17-18(24(32)35)20(28)22(30)21(29)19(17)27/h1-6,8-9,11H,7,10H2/t11-/m1/s1. The number of ether oxygens (including phenoxy) is 1. The lowest BCUT2D eigenvalue weighted by atomic mass is 10.1. The predicted molar refractivity (Wildman–Crippen MR) is 142 cm³/mol. The van der Waals surface area contributed by atoms with Crippen LogP contribution in [0.5, 0.6) is 5.75 Å². The number of carbonyl (C=O) groups is 4. The van der Waals surface area contributed by atoms with Gasteiger partial charge >= 0.3 is 5.97 Å². The molecule has 3 aromatic carbocycles. The lowest BCUT2D eigenvalue weighted by Crippen LogP contribution is -2.29. The van der Waals surface area contributed by atoms with Gasteiger partial charge < -0.3 is 9.64 Å². The molecule has 2 heterocycles. The van der Waals surface area contributed by atoms with Gasteiger partial charge in [-0.2, -0.15) is 0 Å². The molecule has 0 radical (unpaired) electrons. The van der Waals surface area contributed by atoms with Crippen molar-refractivity contribution in [2.75, 3.05) is 16.3 Å². The zero-order valence-corrected chi connectivity index (χ0v) is 22.2. The molecule has 7 nitrogen and oxygen atoms in total. The van der Waals surface area contributed by atoms with Crippen LogP contribution in [0.3, 0.4) is 0 Å². The number of carbonyl (C=O) groups excluding carboxylic acids is 4. The van der Waals surface area contributed by atoms with Crippen molar-refractivity contribution in [1.82, 2.24) is 0 Å². The number of imide groups is 1. The summed E-state index contributed by atoms with van der Waals surface area (Å²) < 4.78 is 5.50. The summed E-state index contributed by atoms with van der Waals surface area (Å²) in [5.41, 5.74) is 0.356. The van der Waals surface area contributed by atoms with E-state index in [1.165, 1.54) is 29.2 Å².